The van der Waals surface area contributed by atoms with Gasteiger partial charge in [-0.15, -0.1) is 0 Å². The zero-order chi connectivity index (χ0) is 19.0. The Kier molecular flexibility index (Phi) is 4.01. The summed E-state index contributed by atoms with van der Waals surface area (Å²) in [5.74, 6) is -1.37. The Balaban J connectivity index is 1.67. The minimum absolute atomic E-state index is 0.403. The van der Waals surface area contributed by atoms with Gasteiger partial charge in [0.05, 0.1) is 30.0 Å². The van der Waals surface area contributed by atoms with Crippen LogP contribution in [0.1, 0.15) is 36.6 Å². The molecule has 1 aliphatic rings. The second kappa shape index (κ2) is 6.49. The van der Waals surface area contributed by atoms with Crippen LogP contribution < -0.4 is 0 Å². The van der Waals surface area contributed by atoms with E-state index in [-0.39, 0.29) is 0 Å². The van der Waals surface area contributed by atoms with Crippen molar-refractivity contribution in [1.82, 2.24) is 5.01 Å². The number of carbonyl (C=O) groups is 3. The van der Waals surface area contributed by atoms with Gasteiger partial charge >= 0.3 is 5.97 Å². The summed E-state index contributed by atoms with van der Waals surface area (Å²) in [6.45, 7) is 0. The van der Waals surface area contributed by atoms with Gasteiger partial charge < -0.3 is 4.74 Å². The minimum Gasteiger partial charge on any atom is -0.465 e. The van der Waals surface area contributed by atoms with E-state index in [1.807, 2.05) is 12.1 Å². The standard InChI is InChI=1S/C21H14N2O4/c1-27-21(26)15-10-8-13(9-11-15)12-22-23-19(24)16-6-2-4-14-5-3-7-17(18(14)16)20(23)25/h2-12H,1H3/b22-12+. The van der Waals surface area contributed by atoms with Crippen LogP contribution in [-0.2, 0) is 4.74 Å². The van der Waals surface area contributed by atoms with Crippen molar-refractivity contribution in [2.45, 2.75) is 0 Å². The maximum absolute atomic E-state index is 12.7. The van der Waals surface area contributed by atoms with Crippen LogP contribution in [0.25, 0.3) is 10.8 Å². The summed E-state index contributed by atoms with van der Waals surface area (Å²) in [4.78, 5) is 37.0. The van der Waals surface area contributed by atoms with E-state index in [1.165, 1.54) is 13.3 Å². The first-order chi connectivity index (χ1) is 13.1. The Morgan fingerprint density at radius 2 is 1.52 bits per heavy atom. The number of imide groups is 1. The van der Waals surface area contributed by atoms with Gasteiger partial charge in [0.2, 0.25) is 0 Å². The van der Waals surface area contributed by atoms with Crippen molar-refractivity contribution in [1.29, 1.82) is 0 Å². The maximum atomic E-state index is 12.7. The Labute approximate surface area is 154 Å². The number of rotatable bonds is 3. The van der Waals surface area contributed by atoms with Gasteiger partial charge in [0.1, 0.15) is 0 Å². The lowest BCUT2D eigenvalue weighted by molar-refractivity contribution is 0.0595. The second-order valence-corrected chi connectivity index (χ2v) is 5.99. The van der Waals surface area contributed by atoms with Crippen LogP contribution in [0.15, 0.2) is 65.8 Å². The van der Waals surface area contributed by atoms with E-state index in [1.54, 1.807) is 48.5 Å². The van der Waals surface area contributed by atoms with Gasteiger partial charge in [-0.2, -0.15) is 10.1 Å². The van der Waals surface area contributed by atoms with Crippen LogP contribution in [0.2, 0.25) is 0 Å². The topological polar surface area (TPSA) is 76.0 Å². The number of hydrazone groups is 1. The second-order valence-electron chi connectivity index (χ2n) is 5.99. The lowest BCUT2D eigenvalue weighted by Crippen LogP contribution is -2.36. The highest BCUT2D eigenvalue weighted by molar-refractivity contribution is 6.25. The highest BCUT2D eigenvalue weighted by Crippen LogP contribution is 2.30. The molecule has 0 bridgehead atoms. The average molecular weight is 358 g/mol. The SMILES string of the molecule is COC(=O)c1ccc(/C=N/N2C(=O)c3cccc4cccc(c34)C2=O)cc1. The van der Waals surface area contributed by atoms with E-state index >= 15 is 0 Å². The Bertz CT molecular complexity index is 1070. The molecule has 0 aromatic heterocycles. The molecule has 6 heteroatoms. The van der Waals surface area contributed by atoms with Crippen LogP contribution in [-0.4, -0.2) is 36.1 Å². The summed E-state index contributed by atoms with van der Waals surface area (Å²) in [7, 11) is 1.31. The lowest BCUT2D eigenvalue weighted by Gasteiger charge is -2.22. The molecule has 1 heterocycles. The number of esters is 1. The molecule has 27 heavy (non-hydrogen) atoms. The molecule has 6 nitrogen and oxygen atoms in total. The number of amides is 2. The predicted octanol–water partition coefficient (Wildman–Crippen LogP) is 3.26. The largest absolute Gasteiger partial charge is 0.465 e. The zero-order valence-electron chi connectivity index (χ0n) is 14.4. The molecule has 0 radical (unpaired) electrons. The first kappa shape index (κ1) is 16.7. The van der Waals surface area contributed by atoms with Crippen LogP contribution in [0, 0.1) is 0 Å². The van der Waals surface area contributed by atoms with Crippen LogP contribution >= 0.6 is 0 Å². The van der Waals surface area contributed by atoms with Gasteiger partial charge in [-0.3, -0.25) is 9.59 Å². The molecule has 0 spiro atoms. The van der Waals surface area contributed by atoms with Gasteiger partial charge in [-0.25, -0.2) is 4.79 Å². The average Bonchev–Trinajstić information content (AvgIpc) is 2.71. The van der Waals surface area contributed by atoms with Gasteiger partial charge in [-0.1, -0.05) is 36.4 Å². The summed E-state index contributed by atoms with van der Waals surface area (Å²) in [6.07, 6.45) is 1.41. The molecule has 0 unspecified atom stereocenters. The monoisotopic (exact) mass is 358 g/mol. The molecule has 0 saturated carbocycles. The number of ether oxygens (including phenoxy) is 1. The number of carbonyl (C=O) groups excluding carboxylic acids is 3. The molecular formula is C21H14N2O4. The number of benzene rings is 3. The van der Waals surface area contributed by atoms with Crippen molar-refractivity contribution in [3.63, 3.8) is 0 Å². The van der Waals surface area contributed by atoms with Crippen LogP contribution in [0.3, 0.4) is 0 Å². The number of hydrogen-bond acceptors (Lipinski definition) is 5. The van der Waals surface area contributed by atoms with Crippen molar-refractivity contribution < 1.29 is 19.1 Å². The Morgan fingerprint density at radius 1 is 0.926 bits per heavy atom. The molecular weight excluding hydrogens is 344 g/mol. The third-order valence-corrected chi connectivity index (χ3v) is 4.40. The van der Waals surface area contributed by atoms with Crippen molar-refractivity contribution in [3.05, 3.63) is 82.9 Å². The van der Waals surface area contributed by atoms with E-state index in [2.05, 4.69) is 9.84 Å². The van der Waals surface area contributed by atoms with Gasteiger partial charge in [0, 0.05) is 5.39 Å². The third-order valence-electron chi connectivity index (χ3n) is 4.40. The quantitative estimate of drug-likeness (QED) is 0.409. The van der Waals surface area contributed by atoms with E-state index in [9.17, 15) is 14.4 Å². The predicted molar refractivity (Wildman–Crippen MR) is 99.8 cm³/mol. The zero-order valence-corrected chi connectivity index (χ0v) is 14.4. The number of nitrogens with zero attached hydrogens (tertiary/aromatic N) is 2. The van der Waals surface area contributed by atoms with E-state index in [0.29, 0.717) is 27.6 Å². The van der Waals surface area contributed by atoms with Gasteiger partial charge in [0.25, 0.3) is 11.8 Å². The number of methoxy groups -OCH3 is 1. The molecule has 0 saturated heterocycles. The molecule has 0 atom stereocenters. The molecule has 0 N–H and O–H groups in total. The van der Waals surface area contributed by atoms with E-state index < -0.39 is 17.8 Å². The summed E-state index contributed by atoms with van der Waals surface area (Å²) >= 11 is 0. The summed E-state index contributed by atoms with van der Waals surface area (Å²) in [5.41, 5.74) is 1.93. The number of hydrogen-bond donors (Lipinski definition) is 0. The van der Waals surface area contributed by atoms with Crippen molar-refractivity contribution in [2.75, 3.05) is 7.11 Å². The van der Waals surface area contributed by atoms with Crippen molar-refractivity contribution in [2.24, 2.45) is 5.10 Å². The lowest BCUT2D eigenvalue weighted by atomic mass is 9.95. The first-order valence-electron chi connectivity index (χ1n) is 8.23. The summed E-state index contributed by atoms with van der Waals surface area (Å²) < 4.78 is 4.65. The molecule has 1 aliphatic heterocycles. The highest BCUT2D eigenvalue weighted by atomic mass is 16.5. The Hall–Kier alpha value is -3.80. The van der Waals surface area contributed by atoms with Crippen molar-refractivity contribution in [3.8, 4) is 0 Å². The fourth-order valence-electron chi connectivity index (χ4n) is 3.07. The molecule has 2 amide bonds. The Morgan fingerprint density at radius 3 is 2.07 bits per heavy atom. The summed E-state index contributed by atoms with van der Waals surface area (Å²) in [6, 6.07) is 17.2. The molecule has 132 valence electrons. The minimum atomic E-state index is -0.466. The molecule has 0 aliphatic carbocycles. The van der Waals surface area contributed by atoms with Crippen molar-refractivity contribution >= 4 is 34.8 Å². The van der Waals surface area contributed by atoms with Crippen LogP contribution in [0.4, 0.5) is 0 Å². The first-order valence-corrected chi connectivity index (χ1v) is 8.23. The van der Waals surface area contributed by atoms with Gasteiger partial charge in [-0.05, 0) is 35.2 Å². The van der Waals surface area contributed by atoms with E-state index in [4.69, 9.17) is 0 Å². The summed E-state index contributed by atoms with van der Waals surface area (Å²) in [5, 5.41) is 6.45. The highest BCUT2D eigenvalue weighted by Gasteiger charge is 2.32. The van der Waals surface area contributed by atoms with Gasteiger partial charge in [0.15, 0.2) is 0 Å². The molecule has 0 fully saturated rings. The fraction of sp³-hybridized carbons (Fsp3) is 0.0476. The van der Waals surface area contributed by atoms with E-state index in [0.717, 1.165) is 10.4 Å². The molecule has 4 rings (SSSR count). The molecule has 3 aromatic carbocycles. The third kappa shape index (κ3) is 2.77. The van der Waals surface area contributed by atoms with Crippen LogP contribution in [0.5, 0.6) is 0 Å². The normalized spacial score (nSPS) is 13.4. The smallest absolute Gasteiger partial charge is 0.337 e. The fourth-order valence-corrected chi connectivity index (χ4v) is 3.07. The maximum Gasteiger partial charge on any atom is 0.337 e. The molecule has 3 aromatic rings.